The van der Waals surface area contributed by atoms with Crippen LogP contribution in [-0.2, 0) is 20.9 Å². The summed E-state index contributed by atoms with van der Waals surface area (Å²) in [5, 5.41) is 17.6. The number of unbranched alkanes of at least 4 members (excludes halogenated alkanes) is 1. The molecule has 0 bridgehead atoms. The van der Waals surface area contributed by atoms with E-state index in [1.54, 1.807) is 19.2 Å². The van der Waals surface area contributed by atoms with Crippen molar-refractivity contribution >= 4 is 11.9 Å². The van der Waals surface area contributed by atoms with Crippen LogP contribution in [-0.4, -0.2) is 35.4 Å². The summed E-state index contributed by atoms with van der Waals surface area (Å²) in [4.78, 5) is 21.5. The van der Waals surface area contributed by atoms with E-state index in [-0.39, 0.29) is 13.0 Å². The van der Waals surface area contributed by atoms with E-state index in [0.29, 0.717) is 19.3 Å². The Morgan fingerprint density at radius 3 is 2.33 bits per heavy atom. The molecule has 0 fully saturated rings. The van der Waals surface area contributed by atoms with Crippen molar-refractivity contribution in [1.29, 1.82) is 0 Å². The molecule has 1 unspecified atom stereocenters. The van der Waals surface area contributed by atoms with Gasteiger partial charge in [0.2, 0.25) is 0 Å². The molecule has 2 N–H and O–H groups in total. The Hall–Kier alpha value is -2.08. The van der Waals surface area contributed by atoms with Crippen LogP contribution in [0.25, 0.3) is 0 Å². The van der Waals surface area contributed by atoms with Gasteiger partial charge in [-0.15, -0.1) is 0 Å². The molecule has 0 saturated heterocycles. The summed E-state index contributed by atoms with van der Waals surface area (Å²) in [5.74, 6) is -1.18. The number of carboxylic acid groups (broad SMARTS) is 2. The van der Waals surface area contributed by atoms with Crippen LogP contribution in [0.4, 0.5) is 0 Å². The van der Waals surface area contributed by atoms with Gasteiger partial charge in [0.25, 0.3) is 0 Å². The standard InChI is InChI=1S/C15H20O6/c1-20-12-8-6-11(7-9-12)10-21-13(15(18)19)4-2-3-5-14(16)17/h6-9,13H,2-5,10H2,1H3,(H,16,17)(H,18,19). The second-order valence-corrected chi connectivity index (χ2v) is 4.63. The van der Waals surface area contributed by atoms with Crippen LogP contribution in [0, 0.1) is 0 Å². The highest BCUT2D eigenvalue weighted by atomic mass is 16.5. The lowest BCUT2D eigenvalue weighted by Crippen LogP contribution is -2.23. The summed E-state index contributed by atoms with van der Waals surface area (Å²) in [6.45, 7) is 0.194. The molecular formula is C15H20O6. The second kappa shape index (κ2) is 8.97. The van der Waals surface area contributed by atoms with Crippen LogP contribution in [0.1, 0.15) is 31.2 Å². The lowest BCUT2D eigenvalue weighted by Gasteiger charge is -2.13. The molecule has 0 radical (unpaired) electrons. The Labute approximate surface area is 123 Å². The summed E-state index contributed by atoms with van der Waals surface area (Å²) in [5.41, 5.74) is 0.854. The van der Waals surface area contributed by atoms with Gasteiger partial charge in [-0.1, -0.05) is 12.1 Å². The third-order valence-corrected chi connectivity index (χ3v) is 2.99. The van der Waals surface area contributed by atoms with Crippen molar-refractivity contribution in [3.63, 3.8) is 0 Å². The second-order valence-electron chi connectivity index (χ2n) is 4.63. The summed E-state index contributed by atoms with van der Waals surface area (Å²) >= 11 is 0. The number of methoxy groups -OCH3 is 1. The van der Waals surface area contributed by atoms with Crippen molar-refractivity contribution < 1.29 is 29.3 Å². The van der Waals surface area contributed by atoms with Gasteiger partial charge in [-0.2, -0.15) is 0 Å². The Balaban J connectivity index is 2.39. The summed E-state index contributed by atoms with van der Waals surface area (Å²) in [6, 6.07) is 7.17. The lowest BCUT2D eigenvalue weighted by atomic mass is 10.1. The minimum absolute atomic E-state index is 0.0464. The highest BCUT2D eigenvalue weighted by molar-refractivity contribution is 5.72. The number of hydrogen-bond acceptors (Lipinski definition) is 4. The molecule has 0 aliphatic rings. The number of hydrogen-bond donors (Lipinski definition) is 2. The lowest BCUT2D eigenvalue weighted by molar-refractivity contribution is -0.151. The molecule has 1 aromatic rings. The minimum atomic E-state index is -1.03. The molecule has 0 saturated carbocycles. The largest absolute Gasteiger partial charge is 0.497 e. The fourth-order valence-corrected chi connectivity index (χ4v) is 1.80. The van der Waals surface area contributed by atoms with Crippen molar-refractivity contribution in [2.45, 2.75) is 38.4 Å². The van der Waals surface area contributed by atoms with E-state index >= 15 is 0 Å². The van der Waals surface area contributed by atoms with Crippen molar-refractivity contribution in [3.05, 3.63) is 29.8 Å². The molecule has 21 heavy (non-hydrogen) atoms. The molecule has 116 valence electrons. The van der Waals surface area contributed by atoms with Crippen molar-refractivity contribution in [1.82, 2.24) is 0 Å². The Kier molecular flexibility index (Phi) is 7.25. The first-order chi connectivity index (χ1) is 10.0. The van der Waals surface area contributed by atoms with Crippen LogP contribution in [0.2, 0.25) is 0 Å². The Morgan fingerprint density at radius 1 is 1.14 bits per heavy atom. The molecule has 1 aromatic carbocycles. The highest BCUT2D eigenvalue weighted by Crippen LogP contribution is 2.14. The predicted octanol–water partition coefficient (Wildman–Crippen LogP) is 2.31. The van der Waals surface area contributed by atoms with E-state index in [1.807, 2.05) is 12.1 Å². The molecule has 0 spiro atoms. The normalized spacial score (nSPS) is 11.9. The Morgan fingerprint density at radius 2 is 1.81 bits per heavy atom. The highest BCUT2D eigenvalue weighted by Gasteiger charge is 2.17. The summed E-state index contributed by atoms with van der Waals surface area (Å²) < 4.78 is 10.4. The molecule has 6 heteroatoms. The first-order valence-corrected chi connectivity index (χ1v) is 6.72. The van der Waals surface area contributed by atoms with Crippen LogP contribution >= 0.6 is 0 Å². The van der Waals surface area contributed by atoms with E-state index in [0.717, 1.165) is 11.3 Å². The van der Waals surface area contributed by atoms with Gasteiger partial charge >= 0.3 is 11.9 Å². The number of rotatable bonds is 10. The summed E-state index contributed by atoms with van der Waals surface area (Å²) in [6.07, 6.45) is 0.390. The van der Waals surface area contributed by atoms with Gasteiger partial charge in [0.05, 0.1) is 13.7 Å². The molecular weight excluding hydrogens is 276 g/mol. The number of carboxylic acids is 2. The third kappa shape index (κ3) is 6.76. The zero-order valence-electron chi connectivity index (χ0n) is 11.9. The van der Waals surface area contributed by atoms with E-state index in [1.165, 1.54) is 0 Å². The molecule has 0 heterocycles. The first-order valence-electron chi connectivity index (χ1n) is 6.72. The van der Waals surface area contributed by atoms with Gasteiger partial charge in [0, 0.05) is 6.42 Å². The van der Waals surface area contributed by atoms with Gasteiger partial charge in [-0.25, -0.2) is 4.79 Å². The fraction of sp³-hybridized carbons (Fsp3) is 0.467. The SMILES string of the molecule is COc1ccc(COC(CCCCC(=O)O)C(=O)O)cc1. The maximum absolute atomic E-state index is 11.1. The molecule has 1 atom stereocenters. The molecule has 0 aliphatic carbocycles. The number of aliphatic carboxylic acids is 2. The number of carbonyl (C=O) groups is 2. The zero-order valence-corrected chi connectivity index (χ0v) is 11.9. The van der Waals surface area contributed by atoms with Crippen molar-refractivity contribution in [2.24, 2.45) is 0 Å². The molecule has 1 rings (SSSR count). The van der Waals surface area contributed by atoms with Crippen LogP contribution in [0.5, 0.6) is 5.75 Å². The van der Waals surface area contributed by atoms with E-state index in [9.17, 15) is 9.59 Å². The monoisotopic (exact) mass is 296 g/mol. The van der Waals surface area contributed by atoms with Gasteiger partial charge in [0.15, 0.2) is 6.10 Å². The minimum Gasteiger partial charge on any atom is -0.497 e. The van der Waals surface area contributed by atoms with E-state index < -0.39 is 18.0 Å². The average molecular weight is 296 g/mol. The molecule has 0 aromatic heterocycles. The average Bonchev–Trinajstić information content (AvgIpc) is 2.46. The summed E-state index contributed by atoms with van der Waals surface area (Å²) in [7, 11) is 1.57. The molecule has 0 amide bonds. The molecule has 6 nitrogen and oxygen atoms in total. The predicted molar refractivity (Wildman–Crippen MR) is 75.3 cm³/mol. The smallest absolute Gasteiger partial charge is 0.332 e. The molecule has 0 aliphatic heterocycles. The van der Waals surface area contributed by atoms with Gasteiger partial charge in [-0.3, -0.25) is 4.79 Å². The van der Waals surface area contributed by atoms with Gasteiger partial charge in [0.1, 0.15) is 5.75 Å². The first kappa shape index (κ1) is 17.0. The maximum Gasteiger partial charge on any atom is 0.332 e. The van der Waals surface area contributed by atoms with Gasteiger partial charge < -0.3 is 19.7 Å². The fourth-order valence-electron chi connectivity index (χ4n) is 1.80. The number of ether oxygens (including phenoxy) is 2. The Bertz CT molecular complexity index is 454. The quantitative estimate of drug-likeness (QED) is 0.644. The third-order valence-electron chi connectivity index (χ3n) is 2.99. The zero-order chi connectivity index (χ0) is 15.7. The van der Waals surface area contributed by atoms with Crippen LogP contribution in [0.3, 0.4) is 0 Å². The van der Waals surface area contributed by atoms with Crippen LogP contribution in [0.15, 0.2) is 24.3 Å². The van der Waals surface area contributed by atoms with Crippen molar-refractivity contribution in [2.75, 3.05) is 7.11 Å². The maximum atomic E-state index is 11.1. The van der Waals surface area contributed by atoms with Gasteiger partial charge in [-0.05, 0) is 37.0 Å². The van der Waals surface area contributed by atoms with Crippen LogP contribution < -0.4 is 4.74 Å². The topological polar surface area (TPSA) is 93.1 Å². The van der Waals surface area contributed by atoms with Crippen molar-refractivity contribution in [3.8, 4) is 5.75 Å². The van der Waals surface area contributed by atoms with E-state index in [2.05, 4.69) is 0 Å². The number of benzene rings is 1. The van der Waals surface area contributed by atoms with E-state index in [4.69, 9.17) is 19.7 Å².